The third kappa shape index (κ3) is 4.39. The fourth-order valence-electron chi connectivity index (χ4n) is 2.49. The summed E-state index contributed by atoms with van der Waals surface area (Å²) in [6.07, 6.45) is 0. The van der Waals surface area contributed by atoms with Crippen LogP contribution in [0.4, 0.5) is 0 Å². The molecule has 0 spiro atoms. The van der Waals surface area contributed by atoms with E-state index >= 15 is 0 Å². The van der Waals surface area contributed by atoms with E-state index in [2.05, 4.69) is 15.9 Å². The van der Waals surface area contributed by atoms with Crippen molar-refractivity contribution in [2.24, 2.45) is 0 Å². The van der Waals surface area contributed by atoms with Crippen LogP contribution in [0.1, 0.15) is 11.1 Å². The van der Waals surface area contributed by atoms with Gasteiger partial charge in [-0.1, -0.05) is 78.0 Å². The van der Waals surface area contributed by atoms with E-state index in [0.29, 0.717) is 10.6 Å². The Morgan fingerprint density at radius 3 is 2.04 bits per heavy atom. The molecule has 0 aliphatic heterocycles. The van der Waals surface area contributed by atoms with E-state index in [1.807, 2.05) is 66.7 Å². The Morgan fingerprint density at radius 1 is 0.846 bits per heavy atom. The van der Waals surface area contributed by atoms with Crippen LogP contribution in [0.15, 0.2) is 93.1 Å². The number of aliphatic carboxylic acids is 1. The zero-order chi connectivity index (χ0) is 18.5. The molecule has 26 heavy (non-hydrogen) atoms. The molecule has 0 aromatic heterocycles. The average molecular weight is 446 g/mol. The molecule has 0 saturated heterocycles. The molecule has 0 unspecified atom stereocenters. The number of carbonyl (C=O) groups is 1. The van der Waals surface area contributed by atoms with Crippen LogP contribution in [0.25, 0.3) is 5.57 Å². The van der Waals surface area contributed by atoms with Crippen molar-refractivity contribution in [3.05, 3.63) is 104 Å². The van der Waals surface area contributed by atoms with E-state index in [4.69, 9.17) is 11.6 Å². The third-order valence-electron chi connectivity index (χ3n) is 3.67. The van der Waals surface area contributed by atoms with Crippen LogP contribution in [0.2, 0.25) is 5.02 Å². The number of hydrogen-bond donors (Lipinski definition) is 1. The van der Waals surface area contributed by atoms with Crippen LogP contribution in [0.5, 0.6) is 0 Å². The molecular formula is C21H14BrClO2S. The van der Waals surface area contributed by atoms with E-state index in [0.717, 1.165) is 20.5 Å². The summed E-state index contributed by atoms with van der Waals surface area (Å²) in [4.78, 5) is 13.2. The molecule has 0 bridgehead atoms. The highest BCUT2D eigenvalue weighted by Crippen LogP contribution is 2.39. The second-order valence-electron chi connectivity index (χ2n) is 5.41. The minimum Gasteiger partial charge on any atom is -0.477 e. The molecule has 0 aliphatic carbocycles. The van der Waals surface area contributed by atoms with Gasteiger partial charge in [0.05, 0.1) is 0 Å². The van der Waals surface area contributed by atoms with Gasteiger partial charge in [0.25, 0.3) is 0 Å². The zero-order valence-electron chi connectivity index (χ0n) is 13.5. The van der Waals surface area contributed by atoms with Crippen molar-refractivity contribution >= 4 is 50.8 Å². The first kappa shape index (κ1) is 18.8. The predicted molar refractivity (Wildman–Crippen MR) is 112 cm³/mol. The molecule has 0 saturated carbocycles. The second kappa shape index (κ2) is 8.58. The van der Waals surface area contributed by atoms with Crippen LogP contribution in [0.3, 0.4) is 0 Å². The van der Waals surface area contributed by atoms with Gasteiger partial charge in [0.2, 0.25) is 0 Å². The van der Waals surface area contributed by atoms with Gasteiger partial charge in [-0.15, -0.1) is 0 Å². The van der Waals surface area contributed by atoms with Gasteiger partial charge in [0.1, 0.15) is 4.91 Å². The smallest absolute Gasteiger partial charge is 0.343 e. The molecule has 3 rings (SSSR count). The Hall–Kier alpha value is -2.01. The Kier molecular flexibility index (Phi) is 6.20. The largest absolute Gasteiger partial charge is 0.477 e. The number of benzene rings is 3. The lowest BCUT2D eigenvalue weighted by Gasteiger charge is -2.14. The maximum absolute atomic E-state index is 12.2. The highest BCUT2D eigenvalue weighted by atomic mass is 79.9. The summed E-state index contributed by atoms with van der Waals surface area (Å²) in [5.74, 6) is -0.973. The van der Waals surface area contributed by atoms with Gasteiger partial charge in [-0.05, 0) is 51.3 Å². The number of carboxylic acid groups (broad SMARTS) is 1. The normalized spacial score (nSPS) is 11.8. The van der Waals surface area contributed by atoms with Crippen LogP contribution in [-0.4, -0.2) is 11.1 Å². The van der Waals surface area contributed by atoms with Crippen molar-refractivity contribution in [2.75, 3.05) is 0 Å². The van der Waals surface area contributed by atoms with Crippen LogP contribution in [-0.2, 0) is 4.79 Å². The van der Waals surface area contributed by atoms with E-state index in [-0.39, 0.29) is 4.91 Å². The van der Waals surface area contributed by atoms with Crippen molar-refractivity contribution in [1.82, 2.24) is 0 Å². The molecule has 130 valence electrons. The number of thioether (sulfide) groups is 1. The zero-order valence-corrected chi connectivity index (χ0v) is 16.7. The van der Waals surface area contributed by atoms with E-state index in [9.17, 15) is 9.90 Å². The molecule has 3 aromatic rings. The standard InChI is InChI=1S/C21H14BrClO2S/c22-17-8-4-5-9-18(17)26-20(21(24)25)19(14-6-2-1-3-7-14)15-10-12-16(23)13-11-15/h1-13H,(H,24,25)/b20-19+. The highest BCUT2D eigenvalue weighted by Gasteiger charge is 2.20. The van der Waals surface area contributed by atoms with Crippen molar-refractivity contribution in [2.45, 2.75) is 4.90 Å². The summed E-state index contributed by atoms with van der Waals surface area (Å²) >= 11 is 10.7. The summed E-state index contributed by atoms with van der Waals surface area (Å²) in [7, 11) is 0. The van der Waals surface area contributed by atoms with Crippen LogP contribution >= 0.6 is 39.3 Å². The van der Waals surface area contributed by atoms with Gasteiger partial charge in [0, 0.05) is 20.0 Å². The lowest BCUT2D eigenvalue weighted by molar-refractivity contribution is -0.131. The van der Waals surface area contributed by atoms with Crippen molar-refractivity contribution in [3.63, 3.8) is 0 Å². The number of carboxylic acids is 1. The van der Waals surface area contributed by atoms with Crippen molar-refractivity contribution in [3.8, 4) is 0 Å². The number of hydrogen-bond acceptors (Lipinski definition) is 2. The molecule has 0 radical (unpaired) electrons. The van der Waals surface area contributed by atoms with Crippen LogP contribution < -0.4 is 0 Å². The van der Waals surface area contributed by atoms with Gasteiger partial charge in [-0.3, -0.25) is 0 Å². The number of rotatable bonds is 5. The molecule has 0 heterocycles. The minimum absolute atomic E-state index is 0.255. The summed E-state index contributed by atoms with van der Waals surface area (Å²) in [6.45, 7) is 0. The van der Waals surface area contributed by atoms with Crippen LogP contribution in [0, 0.1) is 0 Å². The third-order valence-corrected chi connectivity index (χ3v) is 6.03. The van der Waals surface area contributed by atoms with E-state index in [1.165, 1.54) is 11.8 Å². The Morgan fingerprint density at radius 2 is 1.42 bits per heavy atom. The summed E-state index contributed by atoms with van der Waals surface area (Å²) in [5.41, 5.74) is 2.31. The molecule has 0 aliphatic rings. The lowest BCUT2D eigenvalue weighted by Crippen LogP contribution is -2.03. The van der Waals surface area contributed by atoms with Gasteiger partial charge in [-0.2, -0.15) is 0 Å². The quantitative estimate of drug-likeness (QED) is 0.349. The molecule has 3 aromatic carbocycles. The first-order valence-electron chi connectivity index (χ1n) is 7.77. The summed E-state index contributed by atoms with van der Waals surface area (Å²) in [6, 6.07) is 24.3. The Bertz CT molecular complexity index is 953. The molecular weight excluding hydrogens is 432 g/mol. The van der Waals surface area contributed by atoms with Crippen molar-refractivity contribution < 1.29 is 9.90 Å². The Balaban J connectivity index is 2.22. The van der Waals surface area contributed by atoms with Gasteiger partial charge in [-0.25, -0.2) is 4.79 Å². The Labute approximate surface area is 169 Å². The summed E-state index contributed by atoms with van der Waals surface area (Å²) in [5, 5.41) is 10.6. The van der Waals surface area contributed by atoms with E-state index in [1.54, 1.807) is 12.1 Å². The average Bonchev–Trinajstić information content (AvgIpc) is 2.65. The molecule has 0 amide bonds. The lowest BCUT2D eigenvalue weighted by atomic mass is 9.97. The SMILES string of the molecule is O=C(O)/C(Sc1ccccc1Br)=C(/c1ccccc1)c1ccc(Cl)cc1. The van der Waals surface area contributed by atoms with Gasteiger partial charge < -0.3 is 5.11 Å². The fraction of sp³-hybridized carbons (Fsp3) is 0. The number of halogens is 2. The maximum atomic E-state index is 12.2. The van der Waals surface area contributed by atoms with Gasteiger partial charge >= 0.3 is 5.97 Å². The monoisotopic (exact) mass is 444 g/mol. The summed E-state index contributed by atoms with van der Waals surface area (Å²) < 4.78 is 0.854. The first-order valence-corrected chi connectivity index (χ1v) is 9.76. The van der Waals surface area contributed by atoms with Gasteiger partial charge in [0.15, 0.2) is 0 Å². The van der Waals surface area contributed by atoms with Crippen molar-refractivity contribution in [1.29, 1.82) is 0 Å². The first-order chi connectivity index (χ1) is 12.6. The fourth-order valence-corrected chi connectivity index (χ4v) is 4.10. The minimum atomic E-state index is -0.973. The molecule has 2 nitrogen and oxygen atoms in total. The molecule has 0 fully saturated rings. The topological polar surface area (TPSA) is 37.3 Å². The molecule has 1 N–H and O–H groups in total. The second-order valence-corrected chi connectivity index (χ2v) is 7.76. The van der Waals surface area contributed by atoms with E-state index < -0.39 is 5.97 Å². The molecule has 5 heteroatoms. The predicted octanol–water partition coefficient (Wildman–Crippen LogP) is 6.74. The maximum Gasteiger partial charge on any atom is 0.343 e. The highest BCUT2D eigenvalue weighted by molar-refractivity contribution is 9.10. The molecule has 0 atom stereocenters.